The summed E-state index contributed by atoms with van der Waals surface area (Å²) >= 11 is 0. The summed E-state index contributed by atoms with van der Waals surface area (Å²) in [4.78, 5) is 18.5. The van der Waals surface area contributed by atoms with Gasteiger partial charge in [-0.25, -0.2) is 4.98 Å². The minimum atomic E-state index is -0.0629. The molecule has 2 atom stereocenters. The summed E-state index contributed by atoms with van der Waals surface area (Å²) in [6, 6.07) is 10.5. The standard InChI is InChI=1S/C20H27N5O/c1-16(26)23-20-7-8-24(12-18(20)9-21-14-20)13-19-10-22-15-25(19)11-17-5-3-2-4-6-17/h2-6,10,15,18,21H,7-9,11-14H2,1H3,(H,23,26)/t18-,20+/m0/s1. The molecule has 6 heteroatoms. The van der Waals surface area contributed by atoms with E-state index in [1.165, 1.54) is 11.3 Å². The van der Waals surface area contributed by atoms with Crippen LogP contribution in [-0.2, 0) is 17.9 Å². The topological polar surface area (TPSA) is 62.2 Å². The number of amides is 1. The summed E-state index contributed by atoms with van der Waals surface area (Å²) in [5.41, 5.74) is 2.47. The summed E-state index contributed by atoms with van der Waals surface area (Å²) in [5, 5.41) is 6.71. The highest BCUT2D eigenvalue weighted by Crippen LogP contribution is 2.32. The van der Waals surface area contributed by atoms with Crippen molar-refractivity contribution >= 4 is 5.91 Å². The van der Waals surface area contributed by atoms with Crippen molar-refractivity contribution in [1.82, 2.24) is 25.1 Å². The quantitative estimate of drug-likeness (QED) is 0.849. The van der Waals surface area contributed by atoms with Crippen LogP contribution in [0.2, 0.25) is 0 Å². The number of aromatic nitrogens is 2. The van der Waals surface area contributed by atoms with Crippen molar-refractivity contribution in [2.75, 3.05) is 26.2 Å². The Kier molecular flexibility index (Phi) is 4.78. The molecule has 0 aliphatic carbocycles. The Bertz CT molecular complexity index is 759. The maximum Gasteiger partial charge on any atom is 0.217 e. The highest BCUT2D eigenvalue weighted by Gasteiger charge is 2.46. The number of rotatable bonds is 5. The van der Waals surface area contributed by atoms with E-state index in [0.717, 1.165) is 45.7 Å². The number of nitrogens with one attached hydrogen (secondary N) is 2. The minimum absolute atomic E-state index is 0.0629. The highest BCUT2D eigenvalue weighted by atomic mass is 16.1. The fourth-order valence-electron chi connectivity index (χ4n) is 4.44. The molecule has 2 aliphatic rings. The third-order valence-corrected chi connectivity index (χ3v) is 5.77. The van der Waals surface area contributed by atoms with E-state index in [0.29, 0.717) is 5.92 Å². The van der Waals surface area contributed by atoms with Crippen molar-refractivity contribution in [3.63, 3.8) is 0 Å². The maximum absolute atomic E-state index is 11.6. The lowest BCUT2D eigenvalue weighted by Crippen LogP contribution is -2.60. The van der Waals surface area contributed by atoms with Crippen molar-refractivity contribution in [3.8, 4) is 0 Å². The number of fused-ring (bicyclic) bond motifs is 1. The molecule has 2 aliphatic heterocycles. The molecule has 26 heavy (non-hydrogen) atoms. The predicted molar refractivity (Wildman–Crippen MR) is 101 cm³/mol. The van der Waals surface area contributed by atoms with Crippen molar-refractivity contribution < 1.29 is 4.79 Å². The van der Waals surface area contributed by atoms with Crippen LogP contribution >= 0.6 is 0 Å². The van der Waals surface area contributed by atoms with E-state index >= 15 is 0 Å². The number of nitrogens with zero attached hydrogens (tertiary/aromatic N) is 3. The van der Waals surface area contributed by atoms with Crippen LogP contribution in [0.5, 0.6) is 0 Å². The molecular formula is C20H27N5O. The van der Waals surface area contributed by atoms with Crippen LogP contribution in [0.25, 0.3) is 0 Å². The molecule has 3 heterocycles. The van der Waals surface area contributed by atoms with Gasteiger partial charge in [-0.15, -0.1) is 0 Å². The Hall–Kier alpha value is -2.18. The average molecular weight is 353 g/mol. The van der Waals surface area contributed by atoms with Gasteiger partial charge in [0.1, 0.15) is 0 Å². The molecule has 0 radical (unpaired) electrons. The SMILES string of the molecule is CC(=O)N[C@@]12CCN(Cc3cncn3Cc3ccccc3)C[C@@H]1CNC2. The van der Waals surface area contributed by atoms with Gasteiger partial charge in [0, 0.05) is 58.3 Å². The van der Waals surface area contributed by atoms with Crippen LogP contribution in [-0.4, -0.2) is 52.1 Å². The van der Waals surface area contributed by atoms with Crippen LogP contribution in [0, 0.1) is 5.92 Å². The first-order valence-corrected chi connectivity index (χ1v) is 9.39. The van der Waals surface area contributed by atoms with E-state index in [-0.39, 0.29) is 11.4 Å². The molecule has 2 fully saturated rings. The van der Waals surface area contributed by atoms with Crippen molar-refractivity contribution in [2.45, 2.75) is 32.0 Å². The molecule has 1 aromatic carbocycles. The van der Waals surface area contributed by atoms with Gasteiger partial charge in [-0.1, -0.05) is 30.3 Å². The Labute approximate surface area is 154 Å². The number of hydrogen-bond acceptors (Lipinski definition) is 4. The normalized spacial score (nSPS) is 25.8. The van der Waals surface area contributed by atoms with E-state index < -0.39 is 0 Å². The monoisotopic (exact) mass is 353 g/mol. The summed E-state index contributed by atoms with van der Waals surface area (Å²) < 4.78 is 2.23. The second-order valence-corrected chi connectivity index (χ2v) is 7.65. The third kappa shape index (κ3) is 3.52. The summed E-state index contributed by atoms with van der Waals surface area (Å²) in [6.07, 6.45) is 4.90. The molecule has 0 saturated carbocycles. The van der Waals surface area contributed by atoms with E-state index in [4.69, 9.17) is 0 Å². The third-order valence-electron chi connectivity index (χ3n) is 5.77. The Morgan fingerprint density at radius 1 is 1.35 bits per heavy atom. The molecule has 0 spiro atoms. The van der Waals surface area contributed by atoms with E-state index in [1.807, 2.05) is 18.6 Å². The first kappa shape index (κ1) is 17.2. The van der Waals surface area contributed by atoms with Crippen LogP contribution < -0.4 is 10.6 Å². The molecule has 4 rings (SSSR count). The number of piperidine rings is 1. The second kappa shape index (κ2) is 7.21. The van der Waals surface area contributed by atoms with E-state index in [9.17, 15) is 4.79 Å². The largest absolute Gasteiger partial charge is 0.349 e. The highest BCUT2D eigenvalue weighted by molar-refractivity contribution is 5.74. The molecule has 6 nitrogen and oxygen atoms in total. The Morgan fingerprint density at radius 2 is 2.19 bits per heavy atom. The first-order chi connectivity index (χ1) is 12.6. The fraction of sp³-hybridized carbons (Fsp3) is 0.500. The van der Waals surface area contributed by atoms with Gasteiger partial charge in [-0.05, 0) is 12.0 Å². The number of carbonyl (C=O) groups excluding carboxylic acids is 1. The molecule has 2 N–H and O–H groups in total. The van der Waals surface area contributed by atoms with Crippen molar-refractivity contribution in [2.24, 2.45) is 5.92 Å². The summed E-state index contributed by atoms with van der Waals surface area (Å²) in [6.45, 7) is 7.23. The van der Waals surface area contributed by atoms with Gasteiger partial charge in [0.15, 0.2) is 0 Å². The summed E-state index contributed by atoms with van der Waals surface area (Å²) in [5.74, 6) is 0.540. The van der Waals surface area contributed by atoms with Crippen LogP contribution in [0.4, 0.5) is 0 Å². The van der Waals surface area contributed by atoms with Crippen molar-refractivity contribution in [3.05, 3.63) is 54.1 Å². The van der Waals surface area contributed by atoms with Crippen molar-refractivity contribution in [1.29, 1.82) is 0 Å². The number of hydrogen-bond donors (Lipinski definition) is 2. The molecule has 138 valence electrons. The van der Waals surface area contributed by atoms with Gasteiger partial charge >= 0.3 is 0 Å². The number of likely N-dealkylation sites (tertiary alicyclic amines) is 1. The molecular weight excluding hydrogens is 326 g/mol. The lowest BCUT2D eigenvalue weighted by atomic mass is 9.80. The molecule has 2 saturated heterocycles. The Morgan fingerprint density at radius 3 is 3.00 bits per heavy atom. The zero-order valence-electron chi connectivity index (χ0n) is 15.3. The second-order valence-electron chi connectivity index (χ2n) is 7.65. The molecule has 0 bridgehead atoms. The Balaban J connectivity index is 1.42. The van der Waals surface area contributed by atoms with Gasteiger partial charge in [-0.3, -0.25) is 9.69 Å². The van der Waals surface area contributed by atoms with Crippen LogP contribution in [0.3, 0.4) is 0 Å². The van der Waals surface area contributed by atoms with Crippen LogP contribution in [0.15, 0.2) is 42.9 Å². The van der Waals surface area contributed by atoms with E-state index in [2.05, 4.69) is 49.4 Å². The first-order valence-electron chi connectivity index (χ1n) is 9.39. The molecule has 1 amide bonds. The van der Waals surface area contributed by atoms with Gasteiger partial charge in [0.05, 0.1) is 17.6 Å². The lowest BCUT2D eigenvalue weighted by Gasteiger charge is -2.44. The number of benzene rings is 1. The molecule has 0 unspecified atom stereocenters. The smallest absolute Gasteiger partial charge is 0.217 e. The number of imidazole rings is 1. The van der Waals surface area contributed by atoms with E-state index in [1.54, 1.807) is 6.92 Å². The number of carbonyl (C=O) groups is 1. The fourth-order valence-corrected chi connectivity index (χ4v) is 4.44. The lowest BCUT2D eigenvalue weighted by molar-refractivity contribution is -0.121. The van der Waals surface area contributed by atoms with Gasteiger partial charge < -0.3 is 15.2 Å². The van der Waals surface area contributed by atoms with Crippen LogP contribution in [0.1, 0.15) is 24.6 Å². The molecule has 1 aromatic heterocycles. The minimum Gasteiger partial charge on any atom is -0.349 e. The zero-order valence-corrected chi connectivity index (χ0v) is 15.3. The maximum atomic E-state index is 11.6. The van der Waals surface area contributed by atoms with Gasteiger partial charge in [0.2, 0.25) is 5.91 Å². The average Bonchev–Trinajstić information content (AvgIpc) is 3.22. The zero-order chi connectivity index (χ0) is 18.0. The van der Waals surface area contributed by atoms with Gasteiger partial charge in [-0.2, -0.15) is 0 Å². The van der Waals surface area contributed by atoms with Gasteiger partial charge in [0.25, 0.3) is 0 Å². The predicted octanol–water partition coefficient (Wildman–Crippen LogP) is 1.23. The molecule has 2 aromatic rings. The summed E-state index contributed by atoms with van der Waals surface area (Å²) in [7, 11) is 0.